The van der Waals surface area contributed by atoms with Crippen molar-refractivity contribution in [1.82, 2.24) is 24.9 Å². The third-order valence-corrected chi connectivity index (χ3v) is 5.35. The normalized spacial score (nSPS) is 11.7. The Kier molecular flexibility index (Phi) is 5.37. The van der Waals surface area contributed by atoms with Crippen molar-refractivity contribution in [3.05, 3.63) is 83.8 Å². The van der Waals surface area contributed by atoms with Crippen molar-refractivity contribution < 1.29 is 17.6 Å². The first-order valence-corrected chi connectivity index (χ1v) is 10.1. The maximum absolute atomic E-state index is 14.6. The van der Waals surface area contributed by atoms with Crippen LogP contribution in [0.3, 0.4) is 0 Å². The van der Waals surface area contributed by atoms with E-state index in [1.807, 2.05) is 0 Å². The third-order valence-electron chi connectivity index (χ3n) is 5.02. The van der Waals surface area contributed by atoms with Crippen molar-refractivity contribution in [3.8, 4) is 22.4 Å². The molecule has 0 atom stereocenters. The van der Waals surface area contributed by atoms with Crippen LogP contribution in [0.25, 0.3) is 33.5 Å². The Hall–Kier alpha value is -4.05. The summed E-state index contributed by atoms with van der Waals surface area (Å²) in [7, 11) is 0. The highest BCUT2D eigenvalue weighted by Gasteiger charge is 2.33. The number of pyridine rings is 1. The minimum atomic E-state index is -4.68. The van der Waals surface area contributed by atoms with Crippen LogP contribution in [0, 0.1) is 11.9 Å². The highest BCUT2D eigenvalue weighted by atomic mass is 35.5. The maximum atomic E-state index is 14.6. The van der Waals surface area contributed by atoms with E-state index in [1.54, 1.807) is 18.3 Å². The number of fused-ring (bicyclic) bond motifs is 1. The van der Waals surface area contributed by atoms with Crippen LogP contribution < -0.4 is 5.32 Å². The second-order valence-corrected chi connectivity index (χ2v) is 7.56. The van der Waals surface area contributed by atoms with Gasteiger partial charge in [-0.2, -0.15) is 13.2 Å². The second-order valence-electron chi connectivity index (χ2n) is 7.15. The molecule has 3 heterocycles. The predicted molar refractivity (Wildman–Crippen MR) is 119 cm³/mol. The lowest BCUT2D eigenvalue weighted by atomic mass is 10.0. The molecule has 169 valence electrons. The molecule has 1 radical (unpaired) electrons. The summed E-state index contributed by atoms with van der Waals surface area (Å²) >= 11 is 5.70. The van der Waals surface area contributed by atoms with Gasteiger partial charge in [0.15, 0.2) is 5.65 Å². The Morgan fingerprint density at radius 3 is 2.68 bits per heavy atom. The molecule has 34 heavy (non-hydrogen) atoms. The van der Waals surface area contributed by atoms with E-state index >= 15 is 0 Å². The van der Waals surface area contributed by atoms with Crippen molar-refractivity contribution in [3.63, 3.8) is 0 Å². The molecule has 0 amide bonds. The molecule has 2 N–H and O–H groups in total. The summed E-state index contributed by atoms with van der Waals surface area (Å²) in [6.07, 6.45) is -0.247. The zero-order chi connectivity index (χ0) is 23.9. The number of anilines is 2. The van der Waals surface area contributed by atoms with E-state index in [0.717, 1.165) is 12.1 Å². The summed E-state index contributed by atoms with van der Waals surface area (Å²) in [5, 5.41) is 2.60. The van der Waals surface area contributed by atoms with Gasteiger partial charge in [-0.3, -0.25) is 0 Å². The quantitative estimate of drug-likeness (QED) is 0.288. The number of imidazole rings is 1. The fraction of sp³-hybridized carbons (Fsp3) is 0.0435. The van der Waals surface area contributed by atoms with Gasteiger partial charge in [0, 0.05) is 29.1 Å². The average molecular weight is 484 g/mol. The van der Waals surface area contributed by atoms with Gasteiger partial charge in [-0.05, 0) is 42.0 Å². The molecule has 0 saturated heterocycles. The minimum Gasteiger partial charge on any atom is -0.340 e. The molecule has 0 saturated carbocycles. The van der Waals surface area contributed by atoms with Crippen LogP contribution in [0.15, 0.2) is 61.3 Å². The molecule has 0 spiro atoms. The lowest BCUT2D eigenvalue weighted by molar-refractivity contribution is -0.137. The molecular weight excluding hydrogens is 472 g/mol. The molecule has 0 fully saturated rings. The van der Waals surface area contributed by atoms with E-state index in [4.69, 9.17) is 11.6 Å². The molecule has 0 aliphatic carbocycles. The fourth-order valence-electron chi connectivity index (χ4n) is 3.47. The van der Waals surface area contributed by atoms with Crippen LogP contribution in [0.2, 0.25) is 5.02 Å². The summed E-state index contributed by atoms with van der Waals surface area (Å²) < 4.78 is 54.4. The molecular formula is C23H12ClF4N6. The Bertz CT molecular complexity index is 1520. The summed E-state index contributed by atoms with van der Waals surface area (Å²) in [6.45, 7) is 0. The zero-order valence-corrected chi connectivity index (χ0v) is 17.7. The van der Waals surface area contributed by atoms with E-state index < -0.39 is 22.6 Å². The highest BCUT2D eigenvalue weighted by molar-refractivity contribution is 6.31. The number of halogens is 5. The summed E-state index contributed by atoms with van der Waals surface area (Å²) in [4.78, 5) is 19.9. The number of aromatic amines is 1. The van der Waals surface area contributed by atoms with Crippen LogP contribution in [-0.4, -0.2) is 24.9 Å². The summed E-state index contributed by atoms with van der Waals surface area (Å²) in [5.74, 6) is -0.431. The molecule has 0 unspecified atom stereocenters. The summed E-state index contributed by atoms with van der Waals surface area (Å²) in [6, 6.07) is 11.8. The average Bonchev–Trinajstić information content (AvgIpc) is 3.30. The van der Waals surface area contributed by atoms with Gasteiger partial charge in [-0.15, -0.1) is 0 Å². The molecule has 0 aliphatic heterocycles. The number of nitrogens with one attached hydrogen (secondary N) is 2. The van der Waals surface area contributed by atoms with E-state index in [-0.39, 0.29) is 11.1 Å². The van der Waals surface area contributed by atoms with Crippen molar-refractivity contribution in [2.24, 2.45) is 0 Å². The molecule has 2 aromatic carbocycles. The number of alkyl halides is 3. The molecule has 3 aromatic heterocycles. The number of benzene rings is 2. The smallest absolute Gasteiger partial charge is 0.340 e. The van der Waals surface area contributed by atoms with Crippen LogP contribution >= 0.6 is 11.6 Å². The number of hydrogen-bond donors (Lipinski definition) is 2. The van der Waals surface area contributed by atoms with Gasteiger partial charge >= 0.3 is 6.18 Å². The summed E-state index contributed by atoms with van der Waals surface area (Å²) in [5.41, 5.74) is 1.41. The first kappa shape index (κ1) is 21.8. The van der Waals surface area contributed by atoms with E-state index in [9.17, 15) is 17.6 Å². The van der Waals surface area contributed by atoms with Gasteiger partial charge in [-0.25, -0.2) is 24.3 Å². The minimum absolute atomic E-state index is 0.00407. The predicted octanol–water partition coefficient (Wildman–Crippen LogP) is 6.44. The van der Waals surface area contributed by atoms with Crippen LogP contribution in [0.1, 0.15) is 5.56 Å². The number of nitrogens with zero attached hydrogens (tertiary/aromatic N) is 4. The van der Waals surface area contributed by atoms with Gasteiger partial charge in [-0.1, -0.05) is 17.7 Å². The van der Waals surface area contributed by atoms with Gasteiger partial charge in [0.25, 0.3) is 0 Å². The van der Waals surface area contributed by atoms with E-state index in [0.29, 0.717) is 33.9 Å². The highest BCUT2D eigenvalue weighted by Crippen LogP contribution is 2.38. The number of rotatable bonds is 4. The Balaban J connectivity index is 1.55. The first-order valence-electron chi connectivity index (χ1n) is 9.76. The molecule has 5 aromatic rings. The van der Waals surface area contributed by atoms with Crippen LogP contribution in [-0.2, 0) is 6.18 Å². The largest absolute Gasteiger partial charge is 0.417 e. The van der Waals surface area contributed by atoms with Crippen LogP contribution in [0.4, 0.5) is 29.1 Å². The van der Waals surface area contributed by atoms with Crippen molar-refractivity contribution in [1.29, 1.82) is 0 Å². The first-order chi connectivity index (χ1) is 16.3. The maximum Gasteiger partial charge on any atom is 0.417 e. The number of aromatic nitrogens is 5. The van der Waals surface area contributed by atoms with Crippen molar-refractivity contribution in [2.45, 2.75) is 6.18 Å². The molecule has 6 nitrogen and oxygen atoms in total. The molecule has 0 aliphatic rings. The van der Waals surface area contributed by atoms with Crippen molar-refractivity contribution >= 4 is 34.3 Å². The molecule has 11 heteroatoms. The molecule has 5 rings (SSSR count). The SMILES string of the molecule is Fc1[c]cc(Nc2ncccc2-c2ncnc3[nH]cnc23)cc1-c1ccc(Cl)c(C(F)(F)F)c1. The van der Waals surface area contributed by atoms with E-state index in [1.165, 1.54) is 30.9 Å². The monoisotopic (exact) mass is 483 g/mol. The second kappa shape index (κ2) is 8.38. The van der Waals surface area contributed by atoms with Gasteiger partial charge in [0.2, 0.25) is 0 Å². The van der Waals surface area contributed by atoms with Crippen molar-refractivity contribution in [2.75, 3.05) is 5.32 Å². The third kappa shape index (κ3) is 4.03. The van der Waals surface area contributed by atoms with Gasteiger partial charge < -0.3 is 10.3 Å². The van der Waals surface area contributed by atoms with E-state index in [2.05, 4.69) is 36.3 Å². The Morgan fingerprint density at radius 2 is 1.85 bits per heavy atom. The lowest BCUT2D eigenvalue weighted by Gasteiger charge is -2.14. The number of H-pyrrole nitrogens is 1. The fourth-order valence-corrected chi connectivity index (χ4v) is 3.69. The number of hydrogen-bond acceptors (Lipinski definition) is 5. The lowest BCUT2D eigenvalue weighted by Crippen LogP contribution is -2.06. The standard InChI is InChI=1S/C23H12ClF4N6/c24-17-5-3-12(8-16(17)23(26,27)28)15-9-13(4-6-18(15)25)34-21-14(2-1-7-29-21)19-20-22(32-10-30-19)33-11-31-20/h1-5,7-11H,(H,29,34)(H,30,31,32,33). The van der Waals surface area contributed by atoms with Gasteiger partial charge in [0.05, 0.1) is 16.9 Å². The Labute approximate surface area is 194 Å². The molecule has 0 bridgehead atoms. The zero-order valence-electron chi connectivity index (χ0n) is 17.0. The van der Waals surface area contributed by atoms with Gasteiger partial charge in [0.1, 0.15) is 29.2 Å². The Morgan fingerprint density at radius 1 is 1.00 bits per heavy atom. The topological polar surface area (TPSA) is 79.4 Å². The van der Waals surface area contributed by atoms with Crippen LogP contribution in [0.5, 0.6) is 0 Å².